The van der Waals surface area contributed by atoms with Crippen molar-refractivity contribution in [2.45, 2.75) is 23.0 Å². The Kier molecular flexibility index (Phi) is 2.13. The summed E-state index contributed by atoms with van der Waals surface area (Å²) in [6, 6.07) is 10.8. The van der Waals surface area contributed by atoms with E-state index < -0.39 is 0 Å². The highest BCUT2D eigenvalue weighted by Gasteiger charge is 2.35. The van der Waals surface area contributed by atoms with Gasteiger partial charge in [0.15, 0.2) is 0 Å². The van der Waals surface area contributed by atoms with Gasteiger partial charge in [0.25, 0.3) is 0 Å². The Hall–Kier alpha value is -0.690. The Balaban J connectivity index is 1.72. The molecule has 0 nitrogen and oxygen atoms in total. The molecule has 0 unspecified atom stereocenters. The van der Waals surface area contributed by atoms with E-state index in [1.165, 1.54) is 17.7 Å². The molecule has 1 fully saturated rings. The third-order valence-electron chi connectivity index (χ3n) is 3.25. The van der Waals surface area contributed by atoms with Crippen LogP contribution in [0, 0.1) is 11.8 Å². The van der Waals surface area contributed by atoms with Crippen LogP contribution in [0.1, 0.15) is 12.8 Å². The Morgan fingerprint density at radius 2 is 1.86 bits per heavy atom. The zero-order valence-corrected chi connectivity index (χ0v) is 8.91. The van der Waals surface area contributed by atoms with Crippen molar-refractivity contribution in [1.82, 2.24) is 0 Å². The molecule has 1 aromatic carbocycles. The molecule has 1 aromatic rings. The van der Waals surface area contributed by atoms with Crippen LogP contribution in [0.2, 0.25) is 0 Å². The van der Waals surface area contributed by atoms with Gasteiger partial charge >= 0.3 is 0 Å². The summed E-state index contributed by atoms with van der Waals surface area (Å²) in [6.45, 7) is 0. The number of hydrogen-bond acceptors (Lipinski definition) is 1. The van der Waals surface area contributed by atoms with E-state index in [9.17, 15) is 0 Å². The summed E-state index contributed by atoms with van der Waals surface area (Å²) >= 11 is 2.06. The van der Waals surface area contributed by atoms with E-state index in [4.69, 9.17) is 0 Å². The molecule has 14 heavy (non-hydrogen) atoms. The van der Waals surface area contributed by atoms with Crippen LogP contribution in [0.5, 0.6) is 0 Å². The van der Waals surface area contributed by atoms with Gasteiger partial charge in [0, 0.05) is 10.1 Å². The molecule has 1 heteroatoms. The minimum Gasteiger partial charge on any atom is -0.122 e. The third-order valence-corrected chi connectivity index (χ3v) is 4.64. The lowest BCUT2D eigenvalue weighted by Gasteiger charge is -2.17. The molecule has 3 atom stereocenters. The molecular formula is C13H14S. The molecule has 3 rings (SSSR count). The molecule has 0 amide bonds. The second-order valence-electron chi connectivity index (χ2n) is 4.25. The van der Waals surface area contributed by atoms with Gasteiger partial charge in [-0.25, -0.2) is 0 Å². The second-order valence-corrected chi connectivity index (χ2v) is 5.56. The van der Waals surface area contributed by atoms with Crippen molar-refractivity contribution < 1.29 is 0 Å². The molecule has 72 valence electrons. The highest BCUT2D eigenvalue weighted by Crippen LogP contribution is 2.46. The predicted molar refractivity (Wildman–Crippen MR) is 61.4 cm³/mol. The zero-order valence-electron chi connectivity index (χ0n) is 8.10. The lowest BCUT2D eigenvalue weighted by atomic mass is 10.1. The molecular weight excluding hydrogens is 188 g/mol. The quantitative estimate of drug-likeness (QED) is 0.658. The molecule has 0 heterocycles. The first-order valence-corrected chi connectivity index (χ1v) is 6.20. The van der Waals surface area contributed by atoms with E-state index in [-0.39, 0.29) is 0 Å². The maximum absolute atomic E-state index is 2.43. The predicted octanol–water partition coefficient (Wildman–Crippen LogP) is 3.74. The molecule has 0 saturated heterocycles. The summed E-state index contributed by atoms with van der Waals surface area (Å²) in [4.78, 5) is 1.43. The maximum atomic E-state index is 2.43. The van der Waals surface area contributed by atoms with Gasteiger partial charge < -0.3 is 0 Å². The molecule has 0 aliphatic heterocycles. The summed E-state index contributed by atoms with van der Waals surface area (Å²) < 4.78 is 0. The Bertz CT molecular complexity index is 342. The van der Waals surface area contributed by atoms with Crippen molar-refractivity contribution in [3.05, 3.63) is 42.5 Å². The normalized spacial score (nSPS) is 33.9. The minimum atomic E-state index is 0.840. The van der Waals surface area contributed by atoms with Crippen LogP contribution in [0.4, 0.5) is 0 Å². The van der Waals surface area contributed by atoms with Gasteiger partial charge in [-0.1, -0.05) is 30.4 Å². The van der Waals surface area contributed by atoms with E-state index in [1.807, 2.05) is 0 Å². The summed E-state index contributed by atoms with van der Waals surface area (Å²) in [6.07, 6.45) is 7.63. The van der Waals surface area contributed by atoms with Gasteiger partial charge in [-0.15, -0.1) is 11.8 Å². The van der Waals surface area contributed by atoms with Crippen molar-refractivity contribution >= 4 is 11.8 Å². The van der Waals surface area contributed by atoms with Crippen molar-refractivity contribution in [3.8, 4) is 0 Å². The smallest absolute Gasteiger partial charge is 0.0163 e. The molecule has 1 saturated carbocycles. The number of benzene rings is 1. The first-order valence-electron chi connectivity index (χ1n) is 5.32. The molecule has 2 aliphatic rings. The molecule has 2 aliphatic carbocycles. The summed E-state index contributed by atoms with van der Waals surface area (Å²) in [7, 11) is 0. The van der Waals surface area contributed by atoms with Crippen molar-refractivity contribution in [2.24, 2.45) is 11.8 Å². The summed E-state index contributed by atoms with van der Waals surface area (Å²) in [5, 5.41) is 0.840. The fourth-order valence-corrected chi connectivity index (χ4v) is 3.92. The van der Waals surface area contributed by atoms with Gasteiger partial charge in [0.1, 0.15) is 0 Å². The van der Waals surface area contributed by atoms with Crippen LogP contribution in [0.3, 0.4) is 0 Å². The zero-order chi connectivity index (χ0) is 9.38. The molecule has 0 N–H and O–H groups in total. The Labute approximate surface area is 89.4 Å². The van der Waals surface area contributed by atoms with Crippen molar-refractivity contribution in [3.63, 3.8) is 0 Å². The third kappa shape index (κ3) is 1.50. The molecule has 0 aromatic heterocycles. The SMILES string of the molecule is C1=C[C@H]2C[C@@H]1C[C@@H]2Sc1ccccc1. The van der Waals surface area contributed by atoms with Gasteiger partial charge in [-0.2, -0.15) is 0 Å². The summed E-state index contributed by atoms with van der Waals surface area (Å²) in [5.41, 5.74) is 0. The average molecular weight is 202 g/mol. The Morgan fingerprint density at radius 1 is 1.00 bits per heavy atom. The van der Waals surface area contributed by atoms with Crippen LogP contribution < -0.4 is 0 Å². The highest BCUT2D eigenvalue weighted by atomic mass is 32.2. The standard InChI is InChI=1S/C13H14S/c1-2-4-12(5-3-1)14-13-9-10-6-7-11(13)8-10/h1-7,10-11,13H,8-9H2/t10-,11+,13+/m1/s1. The van der Waals surface area contributed by atoms with Gasteiger partial charge in [-0.3, -0.25) is 0 Å². The minimum absolute atomic E-state index is 0.840. The number of rotatable bonds is 2. The largest absolute Gasteiger partial charge is 0.122 e. The number of hydrogen-bond donors (Lipinski definition) is 0. The monoisotopic (exact) mass is 202 g/mol. The second kappa shape index (κ2) is 3.47. The number of fused-ring (bicyclic) bond motifs is 2. The summed E-state index contributed by atoms with van der Waals surface area (Å²) in [5.74, 6) is 1.74. The lowest BCUT2D eigenvalue weighted by molar-refractivity contribution is 0.692. The van der Waals surface area contributed by atoms with Crippen LogP contribution in [0.25, 0.3) is 0 Å². The van der Waals surface area contributed by atoms with Crippen molar-refractivity contribution in [1.29, 1.82) is 0 Å². The van der Waals surface area contributed by atoms with E-state index in [0.29, 0.717) is 0 Å². The highest BCUT2D eigenvalue weighted by molar-refractivity contribution is 8.00. The van der Waals surface area contributed by atoms with Crippen LogP contribution in [0.15, 0.2) is 47.4 Å². The first-order chi connectivity index (χ1) is 6.92. The lowest BCUT2D eigenvalue weighted by Crippen LogP contribution is -2.08. The van der Waals surface area contributed by atoms with Gasteiger partial charge in [-0.05, 0) is 36.8 Å². The molecule has 0 radical (unpaired) electrons. The maximum Gasteiger partial charge on any atom is 0.0163 e. The Morgan fingerprint density at radius 3 is 2.50 bits per heavy atom. The molecule has 2 bridgehead atoms. The van der Waals surface area contributed by atoms with Crippen LogP contribution in [-0.2, 0) is 0 Å². The first kappa shape index (κ1) is 8.60. The van der Waals surface area contributed by atoms with Gasteiger partial charge in [0.2, 0.25) is 0 Å². The van der Waals surface area contributed by atoms with Gasteiger partial charge in [0.05, 0.1) is 0 Å². The van der Waals surface area contributed by atoms with E-state index >= 15 is 0 Å². The van der Waals surface area contributed by atoms with E-state index in [2.05, 4.69) is 54.2 Å². The fraction of sp³-hybridized carbons (Fsp3) is 0.385. The number of thioether (sulfide) groups is 1. The average Bonchev–Trinajstić information content (AvgIpc) is 2.81. The topological polar surface area (TPSA) is 0 Å². The number of allylic oxidation sites excluding steroid dienone is 2. The fourth-order valence-electron chi connectivity index (χ4n) is 2.54. The molecule has 0 spiro atoms. The van der Waals surface area contributed by atoms with Crippen LogP contribution >= 0.6 is 11.8 Å². The van der Waals surface area contributed by atoms with Crippen LogP contribution in [-0.4, -0.2) is 5.25 Å². The van der Waals surface area contributed by atoms with Crippen molar-refractivity contribution in [2.75, 3.05) is 0 Å². The van der Waals surface area contributed by atoms with E-state index in [0.717, 1.165) is 17.1 Å². The van der Waals surface area contributed by atoms with E-state index in [1.54, 1.807) is 0 Å².